The van der Waals surface area contributed by atoms with Gasteiger partial charge < -0.3 is 0 Å². The first kappa shape index (κ1) is 14.0. The fraction of sp³-hybridized carbons (Fsp3) is 0.455. The van der Waals surface area contributed by atoms with Crippen molar-refractivity contribution in [2.24, 2.45) is 9.63 Å². The molecule has 2 nitrogen and oxygen atoms in total. The maximum atomic E-state index is 6.09. The van der Waals surface area contributed by atoms with Crippen LogP contribution in [0.5, 0.6) is 0 Å². The normalized spacial score (nSPS) is 12.4. The van der Waals surface area contributed by atoms with Gasteiger partial charge in [0.2, 0.25) is 0 Å². The van der Waals surface area contributed by atoms with Gasteiger partial charge in [0.15, 0.2) is 0 Å². The summed E-state index contributed by atoms with van der Waals surface area (Å²) in [6.45, 7) is 8.24. The minimum Gasteiger partial charge on any atom is -0.142 e. The molecule has 0 saturated heterocycles. The van der Waals surface area contributed by atoms with Crippen molar-refractivity contribution in [3.05, 3.63) is 27.2 Å². The van der Waals surface area contributed by atoms with E-state index in [9.17, 15) is 0 Å². The van der Waals surface area contributed by atoms with Gasteiger partial charge in [0.1, 0.15) is 5.69 Å². The molecule has 88 valence electrons. The quantitative estimate of drug-likeness (QED) is 0.488. The fourth-order valence-electron chi connectivity index (χ4n) is 1.00. The van der Waals surface area contributed by atoms with Crippen LogP contribution in [0.25, 0.3) is 0 Å². The van der Waals surface area contributed by atoms with E-state index in [1.165, 1.54) is 11.9 Å². The summed E-state index contributed by atoms with van der Waals surface area (Å²) in [7, 11) is 0. The molecule has 1 aromatic rings. The van der Waals surface area contributed by atoms with Gasteiger partial charge in [0.05, 0.1) is 5.02 Å². The Morgan fingerprint density at radius 1 is 1.31 bits per heavy atom. The van der Waals surface area contributed by atoms with E-state index < -0.39 is 0 Å². The second-order valence-corrected chi connectivity index (χ2v) is 7.33. The highest BCUT2D eigenvalue weighted by molar-refractivity contribution is 9.10. The Morgan fingerprint density at radius 3 is 2.44 bits per heavy atom. The van der Waals surface area contributed by atoms with E-state index >= 15 is 0 Å². The van der Waals surface area contributed by atoms with Crippen LogP contribution in [-0.4, -0.2) is 4.75 Å². The van der Waals surface area contributed by atoms with E-state index in [1.54, 1.807) is 0 Å². The minimum absolute atomic E-state index is 0.0687. The van der Waals surface area contributed by atoms with Gasteiger partial charge in [0.25, 0.3) is 0 Å². The summed E-state index contributed by atoms with van der Waals surface area (Å²) in [6.07, 6.45) is 0. The summed E-state index contributed by atoms with van der Waals surface area (Å²) in [5.74, 6) is 0. The van der Waals surface area contributed by atoms with E-state index in [0.717, 1.165) is 15.7 Å². The third-order valence-electron chi connectivity index (χ3n) is 1.67. The van der Waals surface area contributed by atoms with Crippen LogP contribution in [-0.2, 0) is 0 Å². The van der Waals surface area contributed by atoms with Crippen molar-refractivity contribution in [2.45, 2.75) is 32.4 Å². The summed E-state index contributed by atoms with van der Waals surface area (Å²) >= 11 is 10.9. The van der Waals surface area contributed by atoms with Crippen molar-refractivity contribution in [3.63, 3.8) is 0 Å². The molecule has 0 N–H and O–H groups in total. The molecule has 0 bridgehead atoms. The van der Waals surface area contributed by atoms with Crippen molar-refractivity contribution in [1.82, 2.24) is 0 Å². The summed E-state index contributed by atoms with van der Waals surface area (Å²) in [4.78, 5) is 0. The van der Waals surface area contributed by atoms with Crippen LogP contribution in [0.4, 0.5) is 5.69 Å². The molecule has 0 saturated carbocycles. The molecule has 16 heavy (non-hydrogen) atoms. The molecule has 0 spiro atoms. The smallest absolute Gasteiger partial charge is 0.108 e. The van der Waals surface area contributed by atoms with E-state index in [2.05, 4.69) is 46.3 Å². The highest BCUT2D eigenvalue weighted by Gasteiger charge is 2.11. The van der Waals surface area contributed by atoms with Crippen molar-refractivity contribution in [3.8, 4) is 0 Å². The molecule has 1 aromatic carbocycles. The van der Waals surface area contributed by atoms with Crippen LogP contribution in [0.2, 0.25) is 5.02 Å². The molecule has 0 aliphatic heterocycles. The van der Waals surface area contributed by atoms with E-state index in [4.69, 9.17) is 11.6 Å². The average Bonchev–Trinajstić information content (AvgIpc) is 2.07. The number of benzene rings is 1. The average molecular weight is 322 g/mol. The second-order valence-electron chi connectivity index (χ2n) is 4.44. The standard InChI is InChI=1S/C11H14BrClN2S/c1-7-5-8(12)6-9(13)10(7)14-15-16-11(2,3)4/h5-6H,1-4H3. The van der Waals surface area contributed by atoms with Crippen LogP contribution < -0.4 is 0 Å². The molecule has 5 heteroatoms. The van der Waals surface area contributed by atoms with Gasteiger partial charge in [-0.15, -0.1) is 9.63 Å². The summed E-state index contributed by atoms with van der Waals surface area (Å²) in [5.41, 5.74) is 1.75. The molecule has 0 amide bonds. The molecular formula is C11H14BrClN2S. The van der Waals surface area contributed by atoms with Gasteiger partial charge >= 0.3 is 0 Å². The predicted molar refractivity (Wildman–Crippen MR) is 75.7 cm³/mol. The van der Waals surface area contributed by atoms with Crippen molar-refractivity contribution < 1.29 is 0 Å². The molecular weight excluding hydrogens is 308 g/mol. The Balaban J connectivity index is 2.90. The summed E-state index contributed by atoms with van der Waals surface area (Å²) in [5, 5.41) is 4.78. The molecule has 0 radical (unpaired) electrons. The first-order valence-corrected chi connectivity index (χ1v) is 6.79. The van der Waals surface area contributed by atoms with Crippen LogP contribution in [0, 0.1) is 6.92 Å². The number of hydrogen-bond donors (Lipinski definition) is 0. The molecule has 0 atom stereocenters. The lowest BCUT2D eigenvalue weighted by molar-refractivity contribution is 0.802. The van der Waals surface area contributed by atoms with E-state index in [0.29, 0.717) is 5.02 Å². The fourth-order valence-corrected chi connectivity index (χ4v) is 2.38. The summed E-state index contributed by atoms with van der Waals surface area (Å²) < 4.78 is 5.13. The highest BCUT2D eigenvalue weighted by atomic mass is 79.9. The second kappa shape index (κ2) is 5.52. The molecule has 0 aliphatic carbocycles. The third-order valence-corrected chi connectivity index (χ3v) is 3.13. The number of nitrogens with zero attached hydrogens (tertiary/aromatic N) is 2. The Kier molecular flexibility index (Phi) is 4.83. The molecule has 0 unspecified atom stereocenters. The Hall–Kier alpha value is -0.0600. The lowest BCUT2D eigenvalue weighted by Crippen LogP contribution is -2.04. The maximum Gasteiger partial charge on any atom is 0.108 e. The van der Waals surface area contributed by atoms with Crippen molar-refractivity contribution >= 4 is 45.2 Å². The Bertz CT molecular complexity index is 390. The molecule has 0 aliphatic rings. The van der Waals surface area contributed by atoms with Gasteiger partial charge in [-0.1, -0.05) is 27.5 Å². The van der Waals surface area contributed by atoms with Gasteiger partial charge in [-0.25, -0.2) is 0 Å². The molecule has 0 aromatic heterocycles. The topological polar surface area (TPSA) is 24.7 Å². The lowest BCUT2D eigenvalue weighted by atomic mass is 10.2. The largest absolute Gasteiger partial charge is 0.142 e. The van der Waals surface area contributed by atoms with Crippen LogP contribution >= 0.6 is 39.5 Å². The maximum absolute atomic E-state index is 6.09. The van der Waals surface area contributed by atoms with Gasteiger partial charge in [-0.2, -0.15) is 0 Å². The number of aryl methyl sites for hydroxylation is 1. The lowest BCUT2D eigenvalue weighted by Gasteiger charge is -2.11. The Morgan fingerprint density at radius 2 is 1.94 bits per heavy atom. The van der Waals surface area contributed by atoms with E-state index in [-0.39, 0.29) is 4.75 Å². The Labute approximate surface area is 114 Å². The zero-order valence-corrected chi connectivity index (χ0v) is 12.9. The highest BCUT2D eigenvalue weighted by Crippen LogP contribution is 2.34. The third kappa shape index (κ3) is 4.44. The zero-order chi connectivity index (χ0) is 12.3. The monoisotopic (exact) mass is 320 g/mol. The number of halogens is 2. The first-order valence-electron chi connectivity index (χ1n) is 4.84. The zero-order valence-electron chi connectivity index (χ0n) is 9.71. The van der Waals surface area contributed by atoms with Crippen molar-refractivity contribution in [2.75, 3.05) is 0 Å². The van der Waals surface area contributed by atoms with Crippen LogP contribution in [0.3, 0.4) is 0 Å². The van der Waals surface area contributed by atoms with E-state index in [1.807, 2.05) is 19.1 Å². The van der Waals surface area contributed by atoms with Gasteiger partial charge in [0, 0.05) is 21.2 Å². The van der Waals surface area contributed by atoms with Crippen LogP contribution in [0.1, 0.15) is 26.3 Å². The number of hydrogen-bond acceptors (Lipinski definition) is 3. The molecule has 0 heterocycles. The van der Waals surface area contributed by atoms with Crippen molar-refractivity contribution in [1.29, 1.82) is 0 Å². The first-order chi connectivity index (χ1) is 7.29. The molecule has 1 rings (SSSR count). The van der Waals surface area contributed by atoms with Gasteiger partial charge in [-0.05, 0) is 45.4 Å². The van der Waals surface area contributed by atoms with Crippen LogP contribution in [0.15, 0.2) is 26.2 Å². The SMILES string of the molecule is Cc1cc(Br)cc(Cl)c1N=NSC(C)(C)C. The van der Waals surface area contributed by atoms with Gasteiger partial charge in [-0.3, -0.25) is 0 Å². The molecule has 0 fully saturated rings. The minimum atomic E-state index is 0.0687. The summed E-state index contributed by atoms with van der Waals surface area (Å²) in [6, 6.07) is 3.80. The number of rotatable bonds is 2. The predicted octanol–water partition coefficient (Wildman–Crippen LogP) is 5.94.